The van der Waals surface area contributed by atoms with Crippen molar-refractivity contribution in [2.45, 2.75) is 0 Å². The van der Waals surface area contributed by atoms with E-state index in [4.69, 9.17) is 10.0 Å². The number of nitrogens with one attached hydrogen (secondary N) is 1. The molecule has 0 spiro atoms. The number of nitrogens with zero attached hydrogens (tertiary/aromatic N) is 1. The fourth-order valence-corrected chi connectivity index (χ4v) is 1.13. The zero-order valence-corrected chi connectivity index (χ0v) is 6.64. The molecule has 1 aromatic heterocycles. The van der Waals surface area contributed by atoms with E-state index in [-0.39, 0.29) is 5.88 Å². The zero-order valence-electron chi connectivity index (χ0n) is 6.64. The van der Waals surface area contributed by atoms with Crippen molar-refractivity contribution in [2.75, 3.05) is 0 Å². The van der Waals surface area contributed by atoms with Crippen LogP contribution in [0.15, 0.2) is 24.3 Å². The summed E-state index contributed by atoms with van der Waals surface area (Å²) in [6.45, 7) is 0. The summed E-state index contributed by atoms with van der Waals surface area (Å²) in [6.07, 6.45) is 0. The molecule has 0 saturated heterocycles. The van der Waals surface area contributed by atoms with Gasteiger partial charge in [-0.15, -0.1) is 5.10 Å². The van der Waals surface area contributed by atoms with Gasteiger partial charge in [0, 0.05) is 0 Å². The molecule has 6 heteroatoms. The van der Waals surface area contributed by atoms with Crippen molar-refractivity contribution >= 4 is 18.2 Å². The Hall–Kier alpha value is -1.53. The predicted octanol–water partition coefficient (Wildman–Crippen LogP) is -0.0888. The number of benzene rings is 1. The number of hydrogen-bond acceptors (Lipinski definition) is 4. The summed E-state index contributed by atoms with van der Waals surface area (Å²) in [7, 11) is -1.84. The van der Waals surface area contributed by atoms with Crippen molar-refractivity contribution in [3.63, 3.8) is 0 Å². The van der Waals surface area contributed by atoms with Gasteiger partial charge in [0.2, 0.25) is 5.88 Å². The molecular formula is C7H7BN2O3. The van der Waals surface area contributed by atoms with Crippen LogP contribution in [0.2, 0.25) is 0 Å². The predicted molar refractivity (Wildman–Crippen MR) is 46.9 cm³/mol. The van der Waals surface area contributed by atoms with Crippen LogP contribution in [-0.4, -0.2) is 27.6 Å². The van der Waals surface area contributed by atoms with Gasteiger partial charge in [-0.25, -0.2) is 0 Å². The van der Waals surface area contributed by atoms with Gasteiger partial charge in [0.25, 0.3) is 0 Å². The molecule has 2 rings (SSSR count). The number of aromatic amines is 1. The molecule has 0 fully saturated rings. The molecule has 3 N–H and O–H groups in total. The lowest BCUT2D eigenvalue weighted by Crippen LogP contribution is -2.20. The SMILES string of the molecule is OB(O)Oc1n[nH]c2ccccc12. The third kappa shape index (κ3) is 1.49. The molecule has 5 nitrogen and oxygen atoms in total. The first-order valence-electron chi connectivity index (χ1n) is 3.73. The molecule has 0 atom stereocenters. The highest BCUT2D eigenvalue weighted by molar-refractivity contribution is 6.34. The Morgan fingerprint density at radius 3 is 2.85 bits per heavy atom. The highest BCUT2D eigenvalue weighted by atomic mass is 16.6. The van der Waals surface area contributed by atoms with E-state index in [0.717, 1.165) is 10.9 Å². The maximum atomic E-state index is 8.56. The van der Waals surface area contributed by atoms with E-state index in [0.29, 0.717) is 0 Å². The average molecular weight is 178 g/mol. The maximum Gasteiger partial charge on any atom is 0.708 e. The van der Waals surface area contributed by atoms with Crippen LogP contribution in [0.5, 0.6) is 5.88 Å². The second-order valence-electron chi connectivity index (χ2n) is 2.52. The minimum Gasteiger partial charge on any atom is -0.496 e. The molecule has 1 heterocycles. The highest BCUT2D eigenvalue weighted by Gasteiger charge is 2.15. The molecule has 0 aliphatic heterocycles. The van der Waals surface area contributed by atoms with Gasteiger partial charge in [-0.05, 0) is 12.1 Å². The molecule has 0 aliphatic rings. The molecule has 0 saturated carbocycles. The first-order valence-corrected chi connectivity index (χ1v) is 3.73. The first kappa shape index (κ1) is 8.09. The minimum absolute atomic E-state index is 0.186. The molecule has 0 bridgehead atoms. The quantitative estimate of drug-likeness (QED) is 0.561. The number of H-pyrrole nitrogens is 1. The van der Waals surface area contributed by atoms with Crippen LogP contribution in [0.1, 0.15) is 0 Å². The summed E-state index contributed by atoms with van der Waals surface area (Å²) in [5.74, 6) is 0.186. The number of hydrogen-bond donors (Lipinski definition) is 3. The highest BCUT2D eigenvalue weighted by Crippen LogP contribution is 2.21. The Balaban J connectivity index is 2.46. The monoisotopic (exact) mass is 178 g/mol. The number of rotatable bonds is 2. The van der Waals surface area contributed by atoms with Crippen LogP contribution in [0.25, 0.3) is 10.9 Å². The van der Waals surface area contributed by atoms with Gasteiger partial charge in [0.1, 0.15) is 0 Å². The molecule has 0 radical (unpaired) electrons. The Bertz CT molecular complexity index is 415. The second-order valence-corrected chi connectivity index (χ2v) is 2.52. The van der Waals surface area contributed by atoms with E-state index in [1.807, 2.05) is 18.2 Å². The number of para-hydroxylation sites is 1. The summed E-state index contributed by atoms with van der Waals surface area (Å²) in [5.41, 5.74) is 0.790. The van der Waals surface area contributed by atoms with Crippen LogP contribution >= 0.6 is 0 Å². The van der Waals surface area contributed by atoms with Gasteiger partial charge in [-0.1, -0.05) is 12.1 Å². The molecule has 2 aromatic rings. The van der Waals surface area contributed by atoms with Crippen LogP contribution in [0, 0.1) is 0 Å². The van der Waals surface area contributed by atoms with E-state index in [1.54, 1.807) is 6.07 Å². The Morgan fingerprint density at radius 2 is 2.08 bits per heavy atom. The standard InChI is InChI=1S/C7H7BN2O3/c11-8(12)13-7-5-3-1-2-4-6(5)9-10-7/h1-4,11-12H,(H,9,10). The van der Waals surface area contributed by atoms with E-state index in [1.165, 1.54) is 0 Å². The molecular weight excluding hydrogens is 171 g/mol. The Morgan fingerprint density at radius 1 is 1.31 bits per heavy atom. The summed E-state index contributed by atoms with van der Waals surface area (Å²) in [5, 5.41) is 24.3. The molecule has 0 amide bonds. The minimum atomic E-state index is -1.84. The van der Waals surface area contributed by atoms with Crippen LogP contribution < -0.4 is 4.65 Å². The fourth-order valence-electron chi connectivity index (χ4n) is 1.13. The summed E-state index contributed by atoms with van der Waals surface area (Å²) < 4.78 is 4.64. The van der Waals surface area contributed by atoms with Crippen LogP contribution in [-0.2, 0) is 0 Å². The topological polar surface area (TPSA) is 78.4 Å². The molecule has 1 aromatic carbocycles. The third-order valence-electron chi connectivity index (χ3n) is 1.65. The number of fused-ring (bicyclic) bond motifs is 1. The molecule has 13 heavy (non-hydrogen) atoms. The van der Waals surface area contributed by atoms with Gasteiger partial charge >= 0.3 is 7.32 Å². The van der Waals surface area contributed by atoms with Gasteiger partial charge in [-0.3, -0.25) is 5.10 Å². The van der Waals surface area contributed by atoms with Crippen molar-refractivity contribution in [3.05, 3.63) is 24.3 Å². The van der Waals surface area contributed by atoms with Gasteiger partial charge in [-0.2, -0.15) is 0 Å². The number of aromatic nitrogens is 2. The second kappa shape index (κ2) is 3.08. The Labute approximate surface area is 74.1 Å². The van der Waals surface area contributed by atoms with Crippen molar-refractivity contribution in [2.24, 2.45) is 0 Å². The zero-order chi connectivity index (χ0) is 9.26. The third-order valence-corrected chi connectivity index (χ3v) is 1.65. The van der Waals surface area contributed by atoms with Crippen molar-refractivity contribution < 1.29 is 14.7 Å². The molecule has 0 unspecified atom stereocenters. The van der Waals surface area contributed by atoms with Crippen LogP contribution in [0.4, 0.5) is 0 Å². The summed E-state index contributed by atoms with van der Waals surface area (Å²) in [6, 6.07) is 7.25. The van der Waals surface area contributed by atoms with Gasteiger partial charge in [0.05, 0.1) is 10.9 Å². The van der Waals surface area contributed by atoms with Gasteiger partial charge < -0.3 is 14.7 Å². The van der Waals surface area contributed by atoms with E-state index >= 15 is 0 Å². The lowest BCUT2D eigenvalue weighted by molar-refractivity contribution is 0.284. The fraction of sp³-hybridized carbons (Fsp3) is 0. The van der Waals surface area contributed by atoms with Crippen LogP contribution in [0.3, 0.4) is 0 Å². The molecule has 66 valence electrons. The Kier molecular flexibility index (Phi) is 1.92. The maximum absolute atomic E-state index is 8.56. The smallest absolute Gasteiger partial charge is 0.496 e. The van der Waals surface area contributed by atoms with Crippen molar-refractivity contribution in [3.8, 4) is 5.88 Å². The molecule has 0 aliphatic carbocycles. The van der Waals surface area contributed by atoms with Crippen molar-refractivity contribution in [1.82, 2.24) is 10.2 Å². The lowest BCUT2D eigenvalue weighted by atomic mass is 10.2. The normalized spacial score (nSPS) is 10.3. The van der Waals surface area contributed by atoms with E-state index < -0.39 is 7.32 Å². The largest absolute Gasteiger partial charge is 0.708 e. The average Bonchev–Trinajstić information content (AvgIpc) is 2.48. The van der Waals surface area contributed by atoms with E-state index in [9.17, 15) is 0 Å². The summed E-state index contributed by atoms with van der Waals surface area (Å²) in [4.78, 5) is 0. The summed E-state index contributed by atoms with van der Waals surface area (Å²) >= 11 is 0. The lowest BCUT2D eigenvalue weighted by Gasteiger charge is -1.98. The van der Waals surface area contributed by atoms with Gasteiger partial charge in [0.15, 0.2) is 0 Å². The van der Waals surface area contributed by atoms with Crippen molar-refractivity contribution in [1.29, 1.82) is 0 Å². The van der Waals surface area contributed by atoms with E-state index in [2.05, 4.69) is 14.9 Å². The first-order chi connectivity index (χ1) is 6.27.